The van der Waals surface area contributed by atoms with Crippen molar-refractivity contribution in [1.29, 1.82) is 5.26 Å². The number of nitrogens with zero attached hydrogens (tertiary/aromatic N) is 3. The van der Waals surface area contributed by atoms with Gasteiger partial charge < -0.3 is 10.2 Å². The molecule has 0 radical (unpaired) electrons. The van der Waals surface area contributed by atoms with Crippen LogP contribution in [0.5, 0.6) is 0 Å². The number of nitriles is 1. The van der Waals surface area contributed by atoms with Crippen LogP contribution in [0.1, 0.15) is 11.1 Å². The van der Waals surface area contributed by atoms with Gasteiger partial charge in [0.25, 0.3) is 5.56 Å². The number of aromatic nitrogens is 2. The molecule has 2 N–H and O–H groups in total. The van der Waals surface area contributed by atoms with E-state index in [0.29, 0.717) is 11.6 Å². The minimum absolute atomic E-state index is 0.0581. The Morgan fingerprint density at radius 3 is 2.55 bits per heavy atom. The number of aryl methyl sites for hydroxylation is 1. The molecule has 0 saturated carbocycles. The molecule has 0 unspecified atom stereocenters. The third kappa shape index (κ3) is 2.71. The quantitative estimate of drug-likeness (QED) is 0.864. The molecule has 1 aliphatic heterocycles. The topological polar surface area (TPSA) is 84.8 Å². The number of anilines is 1. The summed E-state index contributed by atoms with van der Waals surface area (Å²) < 4.78 is 0. The van der Waals surface area contributed by atoms with Gasteiger partial charge >= 0.3 is 0 Å². The van der Waals surface area contributed by atoms with Crippen molar-refractivity contribution in [3.63, 3.8) is 0 Å². The molecule has 6 nitrogen and oxygen atoms in total. The highest BCUT2D eigenvalue weighted by atomic mass is 16.1. The lowest BCUT2D eigenvalue weighted by Gasteiger charge is -2.28. The van der Waals surface area contributed by atoms with Gasteiger partial charge in [0.15, 0.2) is 0 Å². The molecule has 0 atom stereocenters. The number of piperazine rings is 1. The second-order valence-corrected chi connectivity index (χ2v) is 5.33. The van der Waals surface area contributed by atoms with E-state index in [1.165, 1.54) is 0 Å². The molecule has 0 bridgehead atoms. The van der Waals surface area contributed by atoms with E-state index in [2.05, 4.69) is 15.3 Å². The first kappa shape index (κ1) is 14.3. The summed E-state index contributed by atoms with van der Waals surface area (Å²) in [5.41, 5.74) is 2.02. The smallest absolute Gasteiger partial charge is 0.270 e. The van der Waals surface area contributed by atoms with Gasteiger partial charge in [-0.2, -0.15) is 5.26 Å². The lowest BCUT2D eigenvalue weighted by Crippen LogP contribution is -2.44. The third-order valence-electron chi connectivity index (χ3n) is 3.76. The van der Waals surface area contributed by atoms with Crippen LogP contribution in [0.15, 0.2) is 29.1 Å². The molecule has 6 heteroatoms. The average Bonchev–Trinajstić information content (AvgIpc) is 2.55. The second-order valence-electron chi connectivity index (χ2n) is 5.33. The largest absolute Gasteiger partial charge is 0.340 e. The van der Waals surface area contributed by atoms with Crippen LogP contribution in [-0.4, -0.2) is 36.1 Å². The van der Waals surface area contributed by atoms with Crippen LogP contribution in [0.4, 0.5) is 5.95 Å². The molecule has 1 aromatic heterocycles. The zero-order chi connectivity index (χ0) is 15.5. The van der Waals surface area contributed by atoms with Gasteiger partial charge in [-0.3, -0.25) is 9.78 Å². The van der Waals surface area contributed by atoms with E-state index < -0.39 is 0 Å². The van der Waals surface area contributed by atoms with Crippen LogP contribution >= 0.6 is 0 Å². The van der Waals surface area contributed by atoms with Gasteiger partial charge in [0.1, 0.15) is 11.6 Å². The van der Waals surface area contributed by atoms with Gasteiger partial charge in [0.05, 0.1) is 5.69 Å². The Bertz CT molecular complexity index is 767. The maximum absolute atomic E-state index is 12.2. The fourth-order valence-corrected chi connectivity index (χ4v) is 2.51. The van der Waals surface area contributed by atoms with Gasteiger partial charge in [-0.25, -0.2) is 4.98 Å². The SMILES string of the molecule is Cc1ccc(-c2nc(N3CCNCC3)[nH]c(=O)c2C#N)cc1. The highest BCUT2D eigenvalue weighted by Gasteiger charge is 2.18. The van der Waals surface area contributed by atoms with Crippen LogP contribution in [0.3, 0.4) is 0 Å². The maximum atomic E-state index is 12.2. The molecule has 2 aromatic rings. The number of H-pyrrole nitrogens is 1. The summed E-state index contributed by atoms with van der Waals surface area (Å²) in [7, 11) is 0. The summed E-state index contributed by atoms with van der Waals surface area (Å²) in [6.07, 6.45) is 0. The Balaban J connectivity index is 2.10. The predicted molar refractivity (Wildman–Crippen MR) is 84.8 cm³/mol. The standard InChI is InChI=1S/C16H17N5O/c1-11-2-4-12(5-3-11)14-13(10-17)15(22)20-16(19-14)21-8-6-18-7-9-21/h2-5,18H,6-9H2,1H3,(H,19,20,22). The van der Waals surface area contributed by atoms with Crippen molar-refractivity contribution in [2.24, 2.45) is 0 Å². The van der Waals surface area contributed by atoms with E-state index in [-0.39, 0.29) is 11.1 Å². The summed E-state index contributed by atoms with van der Waals surface area (Å²) in [5.74, 6) is 0.529. The number of rotatable bonds is 2. The Morgan fingerprint density at radius 2 is 1.91 bits per heavy atom. The van der Waals surface area contributed by atoms with Crippen molar-refractivity contribution >= 4 is 5.95 Å². The normalized spacial score (nSPS) is 14.6. The van der Waals surface area contributed by atoms with Gasteiger partial charge in [-0.05, 0) is 6.92 Å². The number of hydrogen-bond acceptors (Lipinski definition) is 5. The van der Waals surface area contributed by atoms with Crippen LogP contribution in [0.2, 0.25) is 0 Å². The number of hydrogen-bond donors (Lipinski definition) is 2. The molecule has 22 heavy (non-hydrogen) atoms. The molecular weight excluding hydrogens is 278 g/mol. The van der Waals surface area contributed by atoms with Crippen molar-refractivity contribution in [3.05, 3.63) is 45.7 Å². The first-order chi connectivity index (χ1) is 10.7. The molecule has 0 spiro atoms. The fourth-order valence-electron chi connectivity index (χ4n) is 2.51. The Labute approximate surface area is 128 Å². The van der Waals surface area contributed by atoms with Crippen molar-refractivity contribution in [2.75, 3.05) is 31.1 Å². The number of aromatic amines is 1. The Kier molecular flexibility index (Phi) is 3.90. The lowest BCUT2D eigenvalue weighted by molar-refractivity contribution is 0.579. The summed E-state index contributed by atoms with van der Waals surface area (Å²) in [4.78, 5) is 21.5. The van der Waals surface area contributed by atoms with Crippen molar-refractivity contribution in [1.82, 2.24) is 15.3 Å². The van der Waals surface area contributed by atoms with Gasteiger partial charge in [0, 0.05) is 31.7 Å². The zero-order valence-corrected chi connectivity index (χ0v) is 12.4. The molecule has 3 rings (SSSR count). The van der Waals surface area contributed by atoms with Crippen LogP contribution in [0.25, 0.3) is 11.3 Å². The summed E-state index contributed by atoms with van der Waals surface area (Å²) >= 11 is 0. The molecular formula is C16H17N5O. The van der Waals surface area contributed by atoms with Crippen molar-refractivity contribution in [3.8, 4) is 17.3 Å². The highest BCUT2D eigenvalue weighted by Crippen LogP contribution is 2.21. The molecule has 2 heterocycles. The van der Waals surface area contributed by atoms with Crippen molar-refractivity contribution in [2.45, 2.75) is 6.92 Å². The van der Waals surface area contributed by atoms with E-state index in [0.717, 1.165) is 37.3 Å². The molecule has 0 aliphatic carbocycles. The van der Waals surface area contributed by atoms with E-state index in [1.807, 2.05) is 42.2 Å². The molecule has 1 aliphatic rings. The van der Waals surface area contributed by atoms with E-state index in [9.17, 15) is 10.1 Å². The zero-order valence-electron chi connectivity index (χ0n) is 12.4. The van der Waals surface area contributed by atoms with Crippen LogP contribution < -0.4 is 15.8 Å². The minimum Gasteiger partial charge on any atom is -0.340 e. The second kappa shape index (κ2) is 6.00. The van der Waals surface area contributed by atoms with Crippen molar-refractivity contribution < 1.29 is 0 Å². The Hall–Kier alpha value is -2.65. The van der Waals surface area contributed by atoms with E-state index in [1.54, 1.807) is 0 Å². The molecule has 1 fully saturated rings. The predicted octanol–water partition coefficient (Wildman–Crippen LogP) is 1.03. The summed E-state index contributed by atoms with van der Waals surface area (Å²) in [5, 5.41) is 12.5. The fraction of sp³-hybridized carbons (Fsp3) is 0.312. The third-order valence-corrected chi connectivity index (χ3v) is 3.76. The average molecular weight is 295 g/mol. The van der Waals surface area contributed by atoms with E-state index >= 15 is 0 Å². The molecule has 0 amide bonds. The van der Waals surface area contributed by atoms with Crippen LogP contribution in [0, 0.1) is 18.3 Å². The first-order valence-corrected chi connectivity index (χ1v) is 7.26. The Morgan fingerprint density at radius 1 is 1.23 bits per heavy atom. The van der Waals surface area contributed by atoms with Crippen LogP contribution in [-0.2, 0) is 0 Å². The van der Waals surface area contributed by atoms with Gasteiger partial charge in [0.2, 0.25) is 5.95 Å². The summed E-state index contributed by atoms with van der Waals surface area (Å²) in [6.45, 7) is 5.25. The lowest BCUT2D eigenvalue weighted by atomic mass is 10.1. The minimum atomic E-state index is -0.387. The molecule has 1 aromatic carbocycles. The molecule has 112 valence electrons. The first-order valence-electron chi connectivity index (χ1n) is 7.26. The summed E-state index contributed by atoms with van der Waals surface area (Å²) in [6, 6.07) is 9.64. The molecule has 1 saturated heterocycles. The number of benzene rings is 1. The highest BCUT2D eigenvalue weighted by molar-refractivity contribution is 5.67. The van der Waals surface area contributed by atoms with Gasteiger partial charge in [-0.15, -0.1) is 0 Å². The van der Waals surface area contributed by atoms with Gasteiger partial charge in [-0.1, -0.05) is 29.8 Å². The number of nitrogens with one attached hydrogen (secondary N) is 2. The maximum Gasteiger partial charge on any atom is 0.270 e. The van der Waals surface area contributed by atoms with E-state index in [4.69, 9.17) is 0 Å². The monoisotopic (exact) mass is 295 g/mol.